The predicted molar refractivity (Wildman–Crippen MR) is 83.8 cm³/mol. The molecule has 2 rings (SSSR count). The van der Waals surface area contributed by atoms with E-state index in [0.29, 0.717) is 29.9 Å². The largest absolute Gasteiger partial charge is 0.488 e. The number of ether oxygens (including phenoxy) is 2. The van der Waals surface area contributed by atoms with Crippen molar-refractivity contribution in [3.8, 4) is 5.75 Å². The van der Waals surface area contributed by atoms with Gasteiger partial charge in [-0.05, 0) is 29.7 Å². The highest BCUT2D eigenvalue weighted by Gasteiger charge is 2.16. The van der Waals surface area contributed by atoms with E-state index in [2.05, 4.69) is 0 Å². The fourth-order valence-electron chi connectivity index (χ4n) is 2.12. The van der Waals surface area contributed by atoms with Gasteiger partial charge in [0, 0.05) is 0 Å². The van der Waals surface area contributed by atoms with Crippen LogP contribution in [0.1, 0.15) is 40.9 Å². The first-order chi connectivity index (χ1) is 10.7. The molecule has 2 aromatic rings. The number of hydrogen-bond acceptors (Lipinski definition) is 4. The number of aliphatic hydroxyl groups is 1. The molecule has 22 heavy (non-hydrogen) atoms. The second kappa shape index (κ2) is 7.61. The van der Waals surface area contributed by atoms with Crippen molar-refractivity contribution in [1.82, 2.24) is 0 Å². The van der Waals surface area contributed by atoms with E-state index in [9.17, 15) is 9.90 Å². The number of carbonyl (C=O) groups excluding carboxylic acids is 1. The minimum Gasteiger partial charge on any atom is -0.488 e. The standard InChI is InChI=1S/C18H20O4/c1-3-16(19)14-9-10-17(15(11-14)18(20)21-2)22-12-13-7-5-4-6-8-13/h4-11,16,19H,3,12H2,1-2H3/t16-/m0/s1. The van der Waals surface area contributed by atoms with Crippen LogP contribution in [0.25, 0.3) is 0 Å². The summed E-state index contributed by atoms with van der Waals surface area (Å²) in [5, 5.41) is 9.91. The molecule has 0 saturated heterocycles. The summed E-state index contributed by atoms with van der Waals surface area (Å²) >= 11 is 0. The topological polar surface area (TPSA) is 55.8 Å². The summed E-state index contributed by atoms with van der Waals surface area (Å²) in [4.78, 5) is 11.9. The quantitative estimate of drug-likeness (QED) is 0.830. The zero-order valence-electron chi connectivity index (χ0n) is 12.8. The SMILES string of the molecule is CC[C@H](O)c1ccc(OCc2ccccc2)c(C(=O)OC)c1. The van der Waals surface area contributed by atoms with Gasteiger partial charge in [-0.3, -0.25) is 0 Å². The summed E-state index contributed by atoms with van der Waals surface area (Å²) in [5.41, 5.74) is 2.01. The molecule has 0 aliphatic rings. The molecule has 0 spiro atoms. The number of benzene rings is 2. The van der Waals surface area contributed by atoms with E-state index < -0.39 is 12.1 Å². The fraction of sp³-hybridized carbons (Fsp3) is 0.278. The monoisotopic (exact) mass is 300 g/mol. The number of hydrogen-bond donors (Lipinski definition) is 1. The Kier molecular flexibility index (Phi) is 5.55. The Morgan fingerprint density at radius 3 is 2.55 bits per heavy atom. The van der Waals surface area contributed by atoms with Crippen molar-refractivity contribution in [2.24, 2.45) is 0 Å². The van der Waals surface area contributed by atoms with Crippen LogP contribution in [0.3, 0.4) is 0 Å². The normalized spacial score (nSPS) is 11.8. The van der Waals surface area contributed by atoms with Gasteiger partial charge in [-0.2, -0.15) is 0 Å². The molecule has 0 radical (unpaired) electrons. The maximum Gasteiger partial charge on any atom is 0.341 e. The molecule has 0 amide bonds. The molecule has 1 N–H and O–H groups in total. The summed E-state index contributed by atoms with van der Waals surface area (Å²) in [5.74, 6) is -0.0315. The van der Waals surface area contributed by atoms with Gasteiger partial charge < -0.3 is 14.6 Å². The minimum atomic E-state index is -0.605. The Labute approximate surface area is 130 Å². The van der Waals surface area contributed by atoms with E-state index in [0.717, 1.165) is 5.56 Å². The molecular weight excluding hydrogens is 280 g/mol. The smallest absolute Gasteiger partial charge is 0.341 e. The highest BCUT2D eigenvalue weighted by Crippen LogP contribution is 2.26. The lowest BCUT2D eigenvalue weighted by Gasteiger charge is -2.14. The lowest BCUT2D eigenvalue weighted by atomic mass is 10.0. The highest BCUT2D eigenvalue weighted by atomic mass is 16.5. The third-order valence-corrected chi connectivity index (χ3v) is 3.42. The van der Waals surface area contributed by atoms with Crippen LogP contribution < -0.4 is 4.74 Å². The molecule has 4 nitrogen and oxygen atoms in total. The van der Waals surface area contributed by atoms with Crippen molar-refractivity contribution < 1.29 is 19.4 Å². The first-order valence-corrected chi connectivity index (χ1v) is 7.22. The maximum atomic E-state index is 11.9. The number of carbonyl (C=O) groups is 1. The van der Waals surface area contributed by atoms with Crippen molar-refractivity contribution in [2.45, 2.75) is 26.1 Å². The van der Waals surface area contributed by atoms with E-state index >= 15 is 0 Å². The zero-order valence-corrected chi connectivity index (χ0v) is 12.8. The molecule has 4 heteroatoms. The van der Waals surface area contributed by atoms with Gasteiger partial charge in [-0.25, -0.2) is 4.79 Å². The van der Waals surface area contributed by atoms with Crippen molar-refractivity contribution in [3.05, 3.63) is 65.2 Å². The van der Waals surface area contributed by atoms with E-state index in [1.54, 1.807) is 18.2 Å². The van der Waals surface area contributed by atoms with E-state index in [4.69, 9.17) is 9.47 Å². The average molecular weight is 300 g/mol. The molecule has 1 atom stereocenters. The van der Waals surface area contributed by atoms with Crippen molar-refractivity contribution >= 4 is 5.97 Å². The molecule has 0 aliphatic carbocycles. The van der Waals surface area contributed by atoms with Gasteiger partial charge >= 0.3 is 5.97 Å². The molecule has 0 bridgehead atoms. The van der Waals surface area contributed by atoms with Gasteiger partial charge in [0.2, 0.25) is 0 Å². The van der Waals surface area contributed by atoms with E-state index in [-0.39, 0.29) is 0 Å². The van der Waals surface area contributed by atoms with Gasteiger partial charge in [0.15, 0.2) is 0 Å². The number of esters is 1. The van der Waals surface area contributed by atoms with E-state index in [1.807, 2.05) is 37.3 Å². The summed E-state index contributed by atoms with van der Waals surface area (Å²) in [6.07, 6.45) is -0.0308. The molecule has 0 saturated carbocycles. The Balaban J connectivity index is 2.24. The Morgan fingerprint density at radius 1 is 1.18 bits per heavy atom. The van der Waals surface area contributed by atoms with Gasteiger partial charge in [0.05, 0.1) is 13.2 Å². The minimum absolute atomic E-state index is 0.323. The molecule has 0 aliphatic heterocycles. The van der Waals surface area contributed by atoms with Crippen LogP contribution in [-0.2, 0) is 11.3 Å². The molecule has 116 valence electrons. The Bertz CT molecular complexity index is 622. The first kappa shape index (κ1) is 16.0. The van der Waals surface area contributed by atoms with Crippen molar-refractivity contribution in [3.63, 3.8) is 0 Å². The van der Waals surface area contributed by atoms with Crippen molar-refractivity contribution in [2.75, 3.05) is 7.11 Å². The van der Waals surface area contributed by atoms with Crippen molar-refractivity contribution in [1.29, 1.82) is 0 Å². The third-order valence-electron chi connectivity index (χ3n) is 3.42. The van der Waals surface area contributed by atoms with E-state index in [1.165, 1.54) is 7.11 Å². The van der Waals surface area contributed by atoms with Crippen LogP contribution in [0.15, 0.2) is 48.5 Å². The maximum absolute atomic E-state index is 11.9. The molecular formula is C18H20O4. The second-order valence-corrected chi connectivity index (χ2v) is 4.95. The van der Waals surface area contributed by atoms with Gasteiger partial charge in [0.25, 0.3) is 0 Å². The number of methoxy groups -OCH3 is 1. The van der Waals surface area contributed by atoms with Gasteiger partial charge in [-0.15, -0.1) is 0 Å². The molecule has 0 fully saturated rings. The summed E-state index contributed by atoms with van der Waals surface area (Å²) in [6.45, 7) is 2.24. The lowest BCUT2D eigenvalue weighted by molar-refractivity contribution is 0.0595. The van der Waals surface area contributed by atoms with Crippen LogP contribution in [0.2, 0.25) is 0 Å². The fourth-order valence-corrected chi connectivity index (χ4v) is 2.12. The van der Waals surface area contributed by atoms with Crippen LogP contribution in [-0.4, -0.2) is 18.2 Å². The molecule has 0 aromatic heterocycles. The van der Waals surface area contributed by atoms with Crippen LogP contribution >= 0.6 is 0 Å². The third kappa shape index (κ3) is 3.86. The first-order valence-electron chi connectivity index (χ1n) is 7.22. The average Bonchev–Trinajstić information content (AvgIpc) is 2.59. The van der Waals surface area contributed by atoms with Gasteiger partial charge in [0.1, 0.15) is 17.9 Å². The number of rotatable bonds is 6. The van der Waals surface area contributed by atoms with Gasteiger partial charge in [-0.1, -0.05) is 43.3 Å². The molecule has 0 heterocycles. The summed E-state index contributed by atoms with van der Waals surface area (Å²) in [7, 11) is 1.33. The second-order valence-electron chi connectivity index (χ2n) is 4.95. The van der Waals surface area contributed by atoms with Crippen LogP contribution in [0.4, 0.5) is 0 Å². The Morgan fingerprint density at radius 2 is 1.91 bits per heavy atom. The number of aliphatic hydroxyl groups excluding tert-OH is 1. The predicted octanol–water partition coefficient (Wildman–Crippen LogP) is 3.50. The lowest BCUT2D eigenvalue weighted by Crippen LogP contribution is -2.08. The van der Waals surface area contributed by atoms with Crippen LogP contribution in [0, 0.1) is 0 Å². The molecule has 2 aromatic carbocycles. The molecule has 0 unspecified atom stereocenters. The van der Waals surface area contributed by atoms with Crippen LogP contribution in [0.5, 0.6) is 5.75 Å². The summed E-state index contributed by atoms with van der Waals surface area (Å²) < 4.78 is 10.5. The highest BCUT2D eigenvalue weighted by molar-refractivity contribution is 5.92. The zero-order chi connectivity index (χ0) is 15.9. The Hall–Kier alpha value is -2.33. The summed E-state index contributed by atoms with van der Waals surface area (Å²) in [6, 6.07) is 14.8.